The van der Waals surface area contributed by atoms with Gasteiger partial charge in [-0.05, 0) is 36.4 Å². The van der Waals surface area contributed by atoms with Crippen LogP contribution in [-0.2, 0) is 0 Å². The van der Waals surface area contributed by atoms with Crippen molar-refractivity contribution < 1.29 is 5.11 Å². The van der Waals surface area contributed by atoms with Crippen LogP contribution in [0.5, 0.6) is 5.75 Å². The Hall–Kier alpha value is -2.49. The lowest BCUT2D eigenvalue weighted by Gasteiger charge is -2.18. The molecule has 4 nitrogen and oxygen atoms in total. The number of hydrogen-bond acceptors (Lipinski definition) is 3. The lowest BCUT2D eigenvalue weighted by Crippen LogP contribution is -2.08. The summed E-state index contributed by atoms with van der Waals surface area (Å²) >= 11 is 0. The molecule has 0 radical (unpaired) electrons. The van der Waals surface area contributed by atoms with Gasteiger partial charge in [-0.3, -0.25) is 0 Å². The van der Waals surface area contributed by atoms with Gasteiger partial charge < -0.3 is 15.0 Å². The molecular formula is C14H13N3O. The lowest BCUT2D eigenvalue weighted by atomic mass is 10.2. The third kappa shape index (κ3) is 1.68. The summed E-state index contributed by atoms with van der Waals surface area (Å²) in [5, 5.41) is 10.4. The maximum absolute atomic E-state index is 9.31. The van der Waals surface area contributed by atoms with Crippen LogP contribution in [-0.4, -0.2) is 22.1 Å². The quantitative estimate of drug-likeness (QED) is 0.722. The van der Waals surface area contributed by atoms with Gasteiger partial charge in [0.1, 0.15) is 11.4 Å². The molecule has 0 amide bonds. The number of aromatic nitrogens is 2. The topological polar surface area (TPSA) is 52.1 Å². The van der Waals surface area contributed by atoms with Crippen LogP contribution in [0.2, 0.25) is 0 Å². The highest BCUT2D eigenvalue weighted by Gasteiger charge is 2.09. The molecule has 0 spiro atoms. The normalized spacial score (nSPS) is 10.7. The van der Waals surface area contributed by atoms with E-state index in [0.717, 1.165) is 22.4 Å². The Morgan fingerprint density at radius 2 is 1.94 bits per heavy atom. The van der Waals surface area contributed by atoms with Crippen LogP contribution in [0, 0.1) is 0 Å². The van der Waals surface area contributed by atoms with Crippen molar-refractivity contribution in [2.24, 2.45) is 0 Å². The van der Waals surface area contributed by atoms with Gasteiger partial charge in [-0.2, -0.15) is 0 Å². The summed E-state index contributed by atoms with van der Waals surface area (Å²) in [4.78, 5) is 9.47. The van der Waals surface area contributed by atoms with Crippen molar-refractivity contribution in [2.45, 2.75) is 0 Å². The minimum absolute atomic E-state index is 0.271. The molecule has 2 heterocycles. The molecule has 0 bridgehead atoms. The van der Waals surface area contributed by atoms with Crippen LogP contribution in [0.1, 0.15) is 0 Å². The van der Waals surface area contributed by atoms with Gasteiger partial charge >= 0.3 is 0 Å². The van der Waals surface area contributed by atoms with Gasteiger partial charge in [0.05, 0.1) is 5.69 Å². The van der Waals surface area contributed by atoms with E-state index in [-0.39, 0.29) is 5.75 Å². The Labute approximate surface area is 105 Å². The van der Waals surface area contributed by atoms with E-state index in [1.807, 2.05) is 37.5 Å². The average molecular weight is 239 g/mol. The number of fused-ring (bicyclic) bond motifs is 1. The van der Waals surface area contributed by atoms with E-state index in [1.165, 1.54) is 0 Å². The maximum Gasteiger partial charge on any atom is 0.139 e. The van der Waals surface area contributed by atoms with Crippen LogP contribution >= 0.6 is 0 Å². The number of phenols is 1. The van der Waals surface area contributed by atoms with Crippen LogP contribution < -0.4 is 4.90 Å². The summed E-state index contributed by atoms with van der Waals surface area (Å²) in [6.45, 7) is 0. The molecule has 0 aliphatic carbocycles. The fourth-order valence-corrected chi connectivity index (χ4v) is 2.03. The number of benzene rings is 1. The Kier molecular flexibility index (Phi) is 2.41. The Morgan fingerprint density at radius 3 is 2.72 bits per heavy atom. The molecule has 3 aromatic rings. The van der Waals surface area contributed by atoms with Crippen molar-refractivity contribution in [3.63, 3.8) is 0 Å². The number of rotatable bonds is 2. The molecule has 0 aliphatic rings. The largest absolute Gasteiger partial charge is 0.508 e. The van der Waals surface area contributed by atoms with E-state index in [0.29, 0.717) is 0 Å². The first-order valence-corrected chi connectivity index (χ1v) is 5.70. The highest BCUT2D eigenvalue weighted by molar-refractivity contribution is 5.92. The minimum atomic E-state index is 0.271. The van der Waals surface area contributed by atoms with E-state index in [4.69, 9.17) is 0 Å². The third-order valence-electron chi connectivity index (χ3n) is 3.03. The standard InChI is InChI=1S/C14H13N3O/c1-17(10-4-6-11(18)7-5-10)13-9-16-14-12(13)3-2-8-15-14/h2-9,18H,1H3,(H,15,16). The molecule has 0 unspecified atom stereocenters. The summed E-state index contributed by atoms with van der Waals surface area (Å²) in [5.74, 6) is 0.271. The second kappa shape index (κ2) is 4.07. The number of aromatic amines is 1. The molecule has 0 aliphatic heterocycles. The molecule has 2 aromatic heterocycles. The molecule has 1 aromatic carbocycles. The van der Waals surface area contributed by atoms with Crippen molar-refractivity contribution >= 4 is 22.4 Å². The number of H-pyrrole nitrogens is 1. The van der Waals surface area contributed by atoms with Crippen molar-refractivity contribution in [1.82, 2.24) is 9.97 Å². The number of nitrogens with one attached hydrogen (secondary N) is 1. The molecule has 0 atom stereocenters. The van der Waals surface area contributed by atoms with Crippen LogP contribution in [0.15, 0.2) is 48.8 Å². The third-order valence-corrected chi connectivity index (χ3v) is 3.03. The SMILES string of the molecule is CN(c1ccc(O)cc1)c1c[nH]c2ncccc12. The fourth-order valence-electron chi connectivity index (χ4n) is 2.03. The first-order valence-electron chi connectivity index (χ1n) is 5.70. The van der Waals surface area contributed by atoms with Gasteiger partial charge in [0.2, 0.25) is 0 Å². The monoisotopic (exact) mass is 239 g/mol. The number of anilines is 2. The maximum atomic E-state index is 9.31. The van der Waals surface area contributed by atoms with Crippen LogP contribution in [0.3, 0.4) is 0 Å². The van der Waals surface area contributed by atoms with Gasteiger partial charge in [0.25, 0.3) is 0 Å². The molecule has 0 saturated heterocycles. The van der Waals surface area contributed by atoms with Gasteiger partial charge in [0.15, 0.2) is 0 Å². The summed E-state index contributed by atoms with van der Waals surface area (Å²) < 4.78 is 0. The molecule has 0 fully saturated rings. The molecule has 18 heavy (non-hydrogen) atoms. The van der Waals surface area contributed by atoms with E-state index in [9.17, 15) is 5.11 Å². The first-order chi connectivity index (χ1) is 8.75. The fraction of sp³-hybridized carbons (Fsp3) is 0.0714. The zero-order chi connectivity index (χ0) is 12.5. The first kappa shape index (κ1) is 10.7. The molecular weight excluding hydrogens is 226 g/mol. The van der Waals surface area contributed by atoms with Crippen molar-refractivity contribution in [3.8, 4) is 5.75 Å². The van der Waals surface area contributed by atoms with E-state index >= 15 is 0 Å². The number of aromatic hydroxyl groups is 1. The predicted molar refractivity (Wildman–Crippen MR) is 72.3 cm³/mol. The molecule has 4 heteroatoms. The summed E-state index contributed by atoms with van der Waals surface area (Å²) in [5.41, 5.74) is 2.94. The second-order valence-corrected chi connectivity index (χ2v) is 4.15. The van der Waals surface area contributed by atoms with Crippen LogP contribution in [0.4, 0.5) is 11.4 Å². The van der Waals surface area contributed by atoms with Crippen molar-refractivity contribution in [3.05, 3.63) is 48.8 Å². The molecule has 2 N–H and O–H groups in total. The van der Waals surface area contributed by atoms with Gasteiger partial charge in [-0.1, -0.05) is 0 Å². The minimum Gasteiger partial charge on any atom is -0.508 e. The highest BCUT2D eigenvalue weighted by Crippen LogP contribution is 2.30. The highest BCUT2D eigenvalue weighted by atomic mass is 16.3. The van der Waals surface area contributed by atoms with E-state index in [1.54, 1.807) is 18.3 Å². The number of phenolic OH excluding ortho intramolecular Hbond substituents is 1. The Balaban J connectivity index is 2.06. The van der Waals surface area contributed by atoms with Crippen molar-refractivity contribution in [2.75, 3.05) is 11.9 Å². The summed E-state index contributed by atoms with van der Waals surface area (Å²) in [7, 11) is 1.99. The predicted octanol–water partition coefficient (Wildman–Crippen LogP) is 3.04. The van der Waals surface area contributed by atoms with E-state index < -0.39 is 0 Å². The smallest absolute Gasteiger partial charge is 0.139 e. The van der Waals surface area contributed by atoms with Crippen molar-refractivity contribution in [1.29, 1.82) is 0 Å². The molecule has 0 saturated carbocycles. The Morgan fingerprint density at radius 1 is 1.17 bits per heavy atom. The summed E-state index contributed by atoms with van der Waals surface area (Å²) in [6.07, 6.45) is 3.70. The molecule has 90 valence electrons. The Bertz CT molecular complexity index is 673. The van der Waals surface area contributed by atoms with Gasteiger partial charge in [-0.15, -0.1) is 0 Å². The number of hydrogen-bond donors (Lipinski definition) is 2. The van der Waals surface area contributed by atoms with Crippen LogP contribution in [0.25, 0.3) is 11.0 Å². The van der Waals surface area contributed by atoms with Gasteiger partial charge in [-0.25, -0.2) is 4.98 Å². The van der Waals surface area contributed by atoms with Gasteiger partial charge in [0, 0.05) is 30.5 Å². The van der Waals surface area contributed by atoms with E-state index in [2.05, 4.69) is 14.9 Å². The zero-order valence-electron chi connectivity index (χ0n) is 9.96. The zero-order valence-corrected chi connectivity index (χ0v) is 9.96. The summed E-state index contributed by atoms with van der Waals surface area (Å²) in [6, 6.07) is 11.1. The molecule has 3 rings (SSSR count). The number of pyridine rings is 1. The second-order valence-electron chi connectivity index (χ2n) is 4.15. The lowest BCUT2D eigenvalue weighted by molar-refractivity contribution is 0.475. The number of nitrogens with zero attached hydrogens (tertiary/aromatic N) is 2. The average Bonchev–Trinajstić information content (AvgIpc) is 2.82.